The van der Waals surface area contributed by atoms with Gasteiger partial charge in [-0.2, -0.15) is 0 Å². The predicted molar refractivity (Wildman–Crippen MR) is 111 cm³/mol. The molecule has 0 aliphatic carbocycles. The SMILES string of the molecule is CN(C)C(=O)c1cccnc1N1CCC(C2NNCC2c2cccc(F)c2)CC1. The van der Waals surface area contributed by atoms with Gasteiger partial charge >= 0.3 is 0 Å². The molecule has 2 saturated heterocycles. The Bertz CT molecular complexity index is 866. The normalized spacial score (nSPS) is 22.7. The summed E-state index contributed by atoms with van der Waals surface area (Å²) in [6, 6.07) is 10.9. The summed E-state index contributed by atoms with van der Waals surface area (Å²) >= 11 is 0. The Kier molecular flexibility index (Phi) is 5.78. The number of carbonyl (C=O) groups excluding carboxylic acids is 1. The molecule has 2 aliphatic heterocycles. The van der Waals surface area contributed by atoms with E-state index < -0.39 is 0 Å². The molecule has 29 heavy (non-hydrogen) atoms. The van der Waals surface area contributed by atoms with Gasteiger partial charge in [0.1, 0.15) is 11.6 Å². The van der Waals surface area contributed by atoms with E-state index >= 15 is 0 Å². The number of hydrogen-bond donors (Lipinski definition) is 2. The van der Waals surface area contributed by atoms with Crippen LogP contribution < -0.4 is 15.8 Å². The van der Waals surface area contributed by atoms with Gasteiger partial charge in [-0.1, -0.05) is 12.1 Å². The summed E-state index contributed by atoms with van der Waals surface area (Å²) in [5, 5.41) is 0. The number of hydrazine groups is 1. The van der Waals surface area contributed by atoms with E-state index in [1.807, 2.05) is 18.2 Å². The minimum atomic E-state index is -0.184. The minimum absolute atomic E-state index is 0.0250. The Morgan fingerprint density at radius 3 is 2.72 bits per heavy atom. The van der Waals surface area contributed by atoms with Crippen LogP contribution in [0.5, 0.6) is 0 Å². The van der Waals surface area contributed by atoms with Crippen LogP contribution in [0.4, 0.5) is 10.2 Å². The van der Waals surface area contributed by atoms with E-state index in [9.17, 15) is 9.18 Å². The number of hydrogen-bond acceptors (Lipinski definition) is 5. The molecule has 2 N–H and O–H groups in total. The molecule has 2 aliphatic rings. The predicted octanol–water partition coefficient (Wildman–Crippen LogP) is 2.40. The molecule has 0 spiro atoms. The molecule has 3 heterocycles. The first-order valence-corrected chi connectivity index (χ1v) is 10.2. The van der Waals surface area contributed by atoms with Gasteiger partial charge in [-0.25, -0.2) is 9.37 Å². The highest BCUT2D eigenvalue weighted by Gasteiger charge is 2.37. The summed E-state index contributed by atoms with van der Waals surface area (Å²) < 4.78 is 13.7. The van der Waals surface area contributed by atoms with Crippen LogP contribution in [0.1, 0.15) is 34.7 Å². The third-order valence-corrected chi connectivity index (χ3v) is 6.07. The monoisotopic (exact) mass is 397 g/mol. The molecule has 7 heteroatoms. The minimum Gasteiger partial charge on any atom is -0.356 e. The second-order valence-corrected chi connectivity index (χ2v) is 8.11. The molecule has 0 radical (unpaired) electrons. The standard InChI is InChI=1S/C22H28FN5O/c1-27(2)22(29)18-7-4-10-24-21(18)28-11-8-15(9-12-28)20-19(14-25-26-20)16-5-3-6-17(23)13-16/h3-7,10,13,15,19-20,25-26H,8-9,11-12,14H2,1-2H3. The Labute approximate surface area is 171 Å². The van der Waals surface area contributed by atoms with Crippen molar-refractivity contribution in [1.29, 1.82) is 0 Å². The van der Waals surface area contributed by atoms with Gasteiger partial charge in [-0.3, -0.25) is 15.6 Å². The zero-order chi connectivity index (χ0) is 20.4. The number of piperidine rings is 1. The lowest BCUT2D eigenvalue weighted by atomic mass is 9.80. The van der Waals surface area contributed by atoms with Crippen LogP contribution >= 0.6 is 0 Å². The second kappa shape index (κ2) is 8.47. The van der Waals surface area contributed by atoms with Crippen LogP contribution in [0.3, 0.4) is 0 Å². The van der Waals surface area contributed by atoms with Crippen LogP contribution in [0.15, 0.2) is 42.6 Å². The van der Waals surface area contributed by atoms with Gasteiger partial charge in [0.25, 0.3) is 5.91 Å². The van der Waals surface area contributed by atoms with Crippen molar-refractivity contribution in [1.82, 2.24) is 20.7 Å². The summed E-state index contributed by atoms with van der Waals surface area (Å²) in [7, 11) is 3.52. The maximum Gasteiger partial charge on any atom is 0.257 e. The smallest absolute Gasteiger partial charge is 0.257 e. The first kappa shape index (κ1) is 19.8. The fraction of sp³-hybridized carbons (Fsp3) is 0.455. The van der Waals surface area contributed by atoms with Gasteiger partial charge < -0.3 is 9.80 Å². The Balaban J connectivity index is 1.46. The van der Waals surface area contributed by atoms with E-state index in [4.69, 9.17) is 0 Å². The van der Waals surface area contributed by atoms with E-state index in [1.165, 1.54) is 6.07 Å². The van der Waals surface area contributed by atoms with Crippen LogP contribution in [-0.2, 0) is 0 Å². The highest BCUT2D eigenvalue weighted by Crippen LogP contribution is 2.34. The highest BCUT2D eigenvalue weighted by atomic mass is 19.1. The number of nitrogens with one attached hydrogen (secondary N) is 2. The number of pyridine rings is 1. The highest BCUT2D eigenvalue weighted by molar-refractivity contribution is 5.98. The Morgan fingerprint density at radius 2 is 2.00 bits per heavy atom. The van der Waals surface area contributed by atoms with Gasteiger partial charge in [0.15, 0.2) is 0 Å². The van der Waals surface area contributed by atoms with Crippen molar-refractivity contribution in [2.75, 3.05) is 38.6 Å². The van der Waals surface area contributed by atoms with E-state index in [1.54, 1.807) is 37.3 Å². The molecule has 1 aromatic carbocycles. The number of aromatic nitrogens is 1. The van der Waals surface area contributed by atoms with Crippen molar-refractivity contribution in [3.05, 3.63) is 59.5 Å². The number of anilines is 1. The van der Waals surface area contributed by atoms with Gasteiger partial charge in [0.05, 0.1) is 5.56 Å². The average Bonchev–Trinajstić information content (AvgIpc) is 3.23. The largest absolute Gasteiger partial charge is 0.356 e. The molecule has 154 valence electrons. The zero-order valence-electron chi connectivity index (χ0n) is 16.9. The third kappa shape index (κ3) is 4.11. The quantitative estimate of drug-likeness (QED) is 0.830. The number of rotatable bonds is 4. The molecule has 2 fully saturated rings. The van der Waals surface area contributed by atoms with E-state index in [0.29, 0.717) is 11.5 Å². The molecule has 4 rings (SSSR count). The number of amides is 1. The van der Waals surface area contributed by atoms with Crippen LogP contribution in [-0.4, -0.2) is 55.6 Å². The first-order valence-electron chi connectivity index (χ1n) is 10.2. The molecule has 2 unspecified atom stereocenters. The summed E-state index contributed by atoms with van der Waals surface area (Å²) in [5.41, 5.74) is 8.38. The average molecular weight is 397 g/mol. The van der Waals surface area contributed by atoms with Crippen LogP contribution in [0.2, 0.25) is 0 Å². The Hall–Kier alpha value is -2.51. The molecule has 2 aromatic rings. The maximum absolute atomic E-state index is 13.7. The van der Waals surface area contributed by atoms with Gasteiger partial charge in [-0.05, 0) is 48.6 Å². The van der Waals surface area contributed by atoms with Gasteiger partial charge in [0, 0.05) is 51.9 Å². The molecule has 6 nitrogen and oxygen atoms in total. The van der Waals surface area contributed by atoms with Crippen LogP contribution in [0, 0.1) is 11.7 Å². The van der Waals surface area contributed by atoms with Gasteiger partial charge in [0.2, 0.25) is 0 Å². The zero-order valence-corrected chi connectivity index (χ0v) is 16.9. The summed E-state index contributed by atoms with van der Waals surface area (Å²) in [4.78, 5) is 20.8. The number of benzene rings is 1. The van der Waals surface area contributed by atoms with Crippen molar-refractivity contribution < 1.29 is 9.18 Å². The molecule has 2 atom stereocenters. The molecular weight excluding hydrogens is 369 g/mol. The molecule has 1 aromatic heterocycles. The summed E-state index contributed by atoms with van der Waals surface area (Å²) in [6.45, 7) is 2.50. The summed E-state index contributed by atoms with van der Waals surface area (Å²) in [6.07, 6.45) is 3.74. The van der Waals surface area contributed by atoms with Gasteiger partial charge in [-0.15, -0.1) is 0 Å². The van der Waals surface area contributed by atoms with Crippen molar-refractivity contribution in [2.24, 2.45) is 5.92 Å². The third-order valence-electron chi connectivity index (χ3n) is 6.07. The lowest BCUT2D eigenvalue weighted by Crippen LogP contribution is -2.44. The lowest BCUT2D eigenvalue weighted by Gasteiger charge is -2.37. The fourth-order valence-electron chi connectivity index (χ4n) is 4.55. The van der Waals surface area contributed by atoms with Crippen molar-refractivity contribution >= 4 is 11.7 Å². The molecular formula is C22H28FN5O. The molecule has 0 bridgehead atoms. The van der Waals surface area contributed by atoms with Crippen molar-refractivity contribution in [3.63, 3.8) is 0 Å². The molecule has 0 saturated carbocycles. The molecule has 1 amide bonds. The maximum atomic E-state index is 13.7. The topological polar surface area (TPSA) is 60.5 Å². The lowest BCUT2D eigenvalue weighted by molar-refractivity contribution is 0.0827. The number of halogens is 1. The van der Waals surface area contributed by atoms with Crippen molar-refractivity contribution in [3.8, 4) is 0 Å². The number of nitrogens with zero attached hydrogens (tertiary/aromatic N) is 3. The van der Waals surface area contributed by atoms with E-state index in [2.05, 4.69) is 20.7 Å². The van der Waals surface area contributed by atoms with E-state index in [0.717, 1.165) is 43.9 Å². The second-order valence-electron chi connectivity index (χ2n) is 8.11. The number of carbonyl (C=O) groups is 1. The van der Waals surface area contributed by atoms with E-state index in [-0.39, 0.29) is 23.7 Å². The fourth-order valence-corrected chi connectivity index (χ4v) is 4.55. The Morgan fingerprint density at radius 1 is 1.21 bits per heavy atom. The van der Waals surface area contributed by atoms with Crippen LogP contribution in [0.25, 0.3) is 0 Å². The summed E-state index contributed by atoms with van der Waals surface area (Å²) in [5.74, 6) is 1.29. The first-order chi connectivity index (χ1) is 14.0. The van der Waals surface area contributed by atoms with Crippen molar-refractivity contribution in [2.45, 2.75) is 24.8 Å².